The molecule has 1 atom stereocenters. The SMILES string of the molecule is C[C@@]1(Cc2ccc3c(c2)OCO3)NC(=O)N(CC(=O)N2CCC(c3ccccc3)=N2)C1=O. The third-order valence-corrected chi connectivity index (χ3v) is 5.83. The molecule has 0 saturated carbocycles. The molecular formula is C23H22N4O5. The molecule has 3 aliphatic rings. The van der Waals surface area contributed by atoms with Crippen molar-refractivity contribution in [3.05, 3.63) is 59.7 Å². The lowest BCUT2D eigenvalue weighted by Crippen LogP contribution is -2.46. The van der Waals surface area contributed by atoms with Gasteiger partial charge in [0.1, 0.15) is 12.1 Å². The lowest BCUT2D eigenvalue weighted by Gasteiger charge is -2.22. The van der Waals surface area contributed by atoms with Crippen LogP contribution in [0.1, 0.15) is 24.5 Å². The van der Waals surface area contributed by atoms with E-state index in [1.807, 2.05) is 36.4 Å². The van der Waals surface area contributed by atoms with Crippen LogP contribution >= 0.6 is 0 Å². The Kier molecular flexibility index (Phi) is 4.80. The van der Waals surface area contributed by atoms with Gasteiger partial charge in [-0.2, -0.15) is 5.10 Å². The summed E-state index contributed by atoms with van der Waals surface area (Å²) in [5.41, 5.74) is 1.42. The molecule has 164 valence electrons. The lowest BCUT2D eigenvalue weighted by molar-refractivity contribution is -0.138. The molecule has 5 rings (SSSR count). The highest BCUT2D eigenvalue weighted by molar-refractivity contribution is 6.09. The highest BCUT2D eigenvalue weighted by atomic mass is 16.7. The number of ether oxygens (including phenoxy) is 2. The molecule has 9 nitrogen and oxygen atoms in total. The van der Waals surface area contributed by atoms with Crippen LogP contribution in [-0.2, 0) is 16.0 Å². The Hall–Kier alpha value is -3.88. The number of rotatable bonds is 5. The molecule has 2 aromatic carbocycles. The van der Waals surface area contributed by atoms with Crippen LogP contribution < -0.4 is 14.8 Å². The molecule has 3 heterocycles. The monoisotopic (exact) mass is 434 g/mol. The maximum Gasteiger partial charge on any atom is 0.325 e. The first-order valence-electron chi connectivity index (χ1n) is 10.4. The summed E-state index contributed by atoms with van der Waals surface area (Å²) in [5.74, 6) is 0.414. The standard InChI is InChI=1S/C23H22N4O5/c1-23(12-15-7-8-18-19(11-15)32-14-31-18)21(29)26(22(30)24-23)13-20(28)27-10-9-17(25-27)16-5-3-2-4-6-16/h2-8,11H,9-10,12-14H2,1H3,(H,24,30)/t23-/m0/s1. The summed E-state index contributed by atoms with van der Waals surface area (Å²) < 4.78 is 10.7. The smallest absolute Gasteiger partial charge is 0.325 e. The maximum atomic E-state index is 13.1. The van der Waals surface area contributed by atoms with Crippen LogP contribution in [0.25, 0.3) is 0 Å². The molecule has 0 radical (unpaired) electrons. The molecule has 0 aromatic heterocycles. The van der Waals surface area contributed by atoms with Gasteiger partial charge in [0.2, 0.25) is 6.79 Å². The normalized spacial score (nSPS) is 21.7. The number of benzene rings is 2. The van der Waals surface area contributed by atoms with Crippen molar-refractivity contribution in [2.24, 2.45) is 5.10 Å². The van der Waals surface area contributed by atoms with Gasteiger partial charge in [0.15, 0.2) is 11.5 Å². The van der Waals surface area contributed by atoms with E-state index in [0.717, 1.165) is 21.7 Å². The topological polar surface area (TPSA) is 101 Å². The fourth-order valence-corrected chi connectivity index (χ4v) is 4.16. The Labute approximate surface area is 184 Å². The third kappa shape index (κ3) is 3.55. The van der Waals surface area contributed by atoms with Gasteiger partial charge in [-0.25, -0.2) is 9.80 Å². The molecular weight excluding hydrogens is 412 g/mol. The van der Waals surface area contributed by atoms with Crippen molar-refractivity contribution >= 4 is 23.6 Å². The molecule has 0 bridgehead atoms. The first-order valence-corrected chi connectivity index (χ1v) is 10.4. The number of nitrogens with one attached hydrogen (secondary N) is 1. The summed E-state index contributed by atoms with van der Waals surface area (Å²) in [4.78, 5) is 39.4. The van der Waals surface area contributed by atoms with Crippen molar-refractivity contribution in [3.8, 4) is 11.5 Å². The molecule has 9 heteroatoms. The largest absolute Gasteiger partial charge is 0.454 e. The molecule has 32 heavy (non-hydrogen) atoms. The van der Waals surface area contributed by atoms with E-state index in [4.69, 9.17) is 9.47 Å². The summed E-state index contributed by atoms with van der Waals surface area (Å²) in [6.45, 7) is 1.88. The number of hydrogen-bond donors (Lipinski definition) is 1. The molecule has 1 saturated heterocycles. The average molecular weight is 434 g/mol. The number of hydrazone groups is 1. The Bertz CT molecular complexity index is 1130. The minimum atomic E-state index is -1.16. The second kappa shape index (κ2) is 7.67. The predicted octanol–water partition coefficient (Wildman–Crippen LogP) is 1.90. The molecule has 4 amide bonds. The molecule has 0 aliphatic carbocycles. The van der Waals surface area contributed by atoms with Gasteiger partial charge in [0.05, 0.1) is 12.3 Å². The molecule has 2 aromatic rings. The zero-order valence-corrected chi connectivity index (χ0v) is 17.5. The van der Waals surface area contributed by atoms with Crippen LogP contribution in [0.5, 0.6) is 11.5 Å². The van der Waals surface area contributed by atoms with Crippen LogP contribution in [0.15, 0.2) is 53.6 Å². The summed E-state index contributed by atoms with van der Waals surface area (Å²) in [6, 6.07) is 14.4. The van der Waals surface area contributed by atoms with Crippen LogP contribution in [0.3, 0.4) is 0 Å². The Balaban J connectivity index is 1.27. The van der Waals surface area contributed by atoms with E-state index >= 15 is 0 Å². The van der Waals surface area contributed by atoms with Crippen molar-refractivity contribution in [3.63, 3.8) is 0 Å². The minimum Gasteiger partial charge on any atom is -0.454 e. The fourth-order valence-electron chi connectivity index (χ4n) is 4.16. The number of carbonyl (C=O) groups excluding carboxylic acids is 3. The Morgan fingerprint density at radius 3 is 2.72 bits per heavy atom. The maximum absolute atomic E-state index is 13.1. The molecule has 0 unspecified atom stereocenters. The van der Waals surface area contributed by atoms with E-state index < -0.39 is 23.4 Å². The number of imide groups is 1. The van der Waals surface area contributed by atoms with Crippen LogP contribution in [0, 0.1) is 0 Å². The van der Waals surface area contributed by atoms with E-state index in [-0.39, 0.29) is 19.8 Å². The van der Waals surface area contributed by atoms with Crippen molar-refractivity contribution in [2.45, 2.75) is 25.3 Å². The van der Waals surface area contributed by atoms with E-state index in [1.54, 1.807) is 19.1 Å². The molecule has 3 aliphatic heterocycles. The zero-order chi connectivity index (χ0) is 22.3. The van der Waals surface area contributed by atoms with Gasteiger partial charge in [0, 0.05) is 12.8 Å². The first kappa shape index (κ1) is 20.0. The molecule has 0 spiro atoms. The Morgan fingerprint density at radius 1 is 1.12 bits per heavy atom. The summed E-state index contributed by atoms with van der Waals surface area (Å²) in [5, 5.41) is 8.46. The highest BCUT2D eigenvalue weighted by Gasteiger charge is 2.48. The van der Waals surface area contributed by atoms with Crippen molar-refractivity contribution < 1.29 is 23.9 Å². The highest BCUT2D eigenvalue weighted by Crippen LogP contribution is 2.34. The number of fused-ring (bicyclic) bond motifs is 1. The van der Waals surface area contributed by atoms with Crippen LogP contribution in [0.2, 0.25) is 0 Å². The first-order chi connectivity index (χ1) is 15.4. The second-order valence-electron chi connectivity index (χ2n) is 8.20. The number of hydrogen-bond acceptors (Lipinski definition) is 6. The van der Waals surface area contributed by atoms with Gasteiger partial charge >= 0.3 is 6.03 Å². The molecule has 1 fully saturated rings. The predicted molar refractivity (Wildman–Crippen MR) is 114 cm³/mol. The van der Waals surface area contributed by atoms with Crippen molar-refractivity contribution in [1.29, 1.82) is 0 Å². The number of carbonyl (C=O) groups is 3. The second-order valence-corrected chi connectivity index (χ2v) is 8.20. The van der Waals surface area contributed by atoms with Gasteiger partial charge in [-0.05, 0) is 30.2 Å². The van der Waals surface area contributed by atoms with Crippen molar-refractivity contribution in [1.82, 2.24) is 15.2 Å². The fraction of sp³-hybridized carbons (Fsp3) is 0.304. The van der Waals surface area contributed by atoms with Gasteiger partial charge < -0.3 is 14.8 Å². The van der Waals surface area contributed by atoms with Crippen molar-refractivity contribution in [2.75, 3.05) is 19.9 Å². The number of nitrogens with zero attached hydrogens (tertiary/aromatic N) is 3. The Morgan fingerprint density at radius 2 is 1.91 bits per heavy atom. The molecule has 1 N–H and O–H groups in total. The summed E-state index contributed by atoms with van der Waals surface area (Å²) in [6.07, 6.45) is 0.886. The van der Waals surface area contributed by atoms with E-state index in [1.165, 1.54) is 5.01 Å². The third-order valence-electron chi connectivity index (χ3n) is 5.83. The number of amides is 4. The summed E-state index contributed by atoms with van der Waals surface area (Å²) in [7, 11) is 0. The van der Waals surface area contributed by atoms with Crippen LogP contribution in [0.4, 0.5) is 4.79 Å². The average Bonchev–Trinajstić information content (AvgIpc) is 3.50. The number of urea groups is 1. The lowest BCUT2D eigenvalue weighted by atomic mass is 9.92. The van der Waals surface area contributed by atoms with E-state index in [2.05, 4.69) is 10.4 Å². The quantitative estimate of drug-likeness (QED) is 0.725. The summed E-state index contributed by atoms with van der Waals surface area (Å²) >= 11 is 0. The zero-order valence-electron chi connectivity index (χ0n) is 17.5. The van der Waals surface area contributed by atoms with Gasteiger partial charge in [-0.1, -0.05) is 36.4 Å². The van der Waals surface area contributed by atoms with Crippen LogP contribution in [-0.4, -0.2) is 58.9 Å². The minimum absolute atomic E-state index is 0.159. The van der Waals surface area contributed by atoms with Gasteiger partial charge in [-0.3, -0.25) is 14.5 Å². The van der Waals surface area contributed by atoms with E-state index in [0.29, 0.717) is 24.5 Å². The van der Waals surface area contributed by atoms with Gasteiger partial charge in [0.25, 0.3) is 11.8 Å². The van der Waals surface area contributed by atoms with E-state index in [9.17, 15) is 14.4 Å². The van der Waals surface area contributed by atoms with Gasteiger partial charge in [-0.15, -0.1) is 0 Å².